The van der Waals surface area contributed by atoms with Gasteiger partial charge >= 0.3 is 5.97 Å². The van der Waals surface area contributed by atoms with Crippen molar-refractivity contribution in [1.29, 1.82) is 5.26 Å². The van der Waals surface area contributed by atoms with Crippen LogP contribution < -0.4 is 4.74 Å². The number of benzene rings is 1. The first kappa shape index (κ1) is 16.7. The van der Waals surface area contributed by atoms with Gasteiger partial charge in [-0.3, -0.25) is 0 Å². The second kappa shape index (κ2) is 9.56. The summed E-state index contributed by atoms with van der Waals surface area (Å²) in [4.78, 5) is 11.5. The fourth-order valence-corrected chi connectivity index (χ4v) is 1.45. The van der Waals surface area contributed by atoms with E-state index in [9.17, 15) is 4.79 Å². The quantitative estimate of drug-likeness (QED) is 0.397. The minimum absolute atomic E-state index is 0.275. The van der Waals surface area contributed by atoms with E-state index in [1.807, 2.05) is 6.07 Å². The van der Waals surface area contributed by atoms with Crippen molar-refractivity contribution >= 4 is 5.97 Å². The van der Waals surface area contributed by atoms with Gasteiger partial charge in [0.2, 0.25) is 0 Å². The second-order valence-corrected chi connectivity index (χ2v) is 4.27. The first-order chi connectivity index (χ1) is 10.2. The highest BCUT2D eigenvalue weighted by Crippen LogP contribution is 2.11. The van der Waals surface area contributed by atoms with Crippen LogP contribution in [0.4, 0.5) is 0 Å². The maximum atomic E-state index is 11.5. The lowest BCUT2D eigenvalue weighted by Gasteiger charge is -2.11. The molecule has 0 aromatic heterocycles. The maximum Gasteiger partial charge on any atom is 0.334 e. The lowest BCUT2D eigenvalue weighted by molar-refractivity contribution is -0.155. The molecule has 5 nitrogen and oxygen atoms in total. The van der Waals surface area contributed by atoms with E-state index in [-0.39, 0.29) is 6.61 Å². The molecule has 1 rings (SSSR count). The van der Waals surface area contributed by atoms with Gasteiger partial charge in [-0.05, 0) is 31.2 Å². The number of rotatable bonds is 9. The van der Waals surface area contributed by atoms with Crippen molar-refractivity contribution in [2.24, 2.45) is 0 Å². The normalized spacial score (nSPS) is 11.2. The molecule has 0 spiro atoms. The molecule has 0 fully saturated rings. The molecule has 1 unspecified atom stereocenters. The molecule has 0 saturated heterocycles. The first-order valence-electron chi connectivity index (χ1n) is 6.69. The van der Waals surface area contributed by atoms with Crippen LogP contribution in [-0.2, 0) is 14.3 Å². The predicted molar refractivity (Wildman–Crippen MR) is 77.8 cm³/mol. The Labute approximate surface area is 124 Å². The molecule has 0 amide bonds. The van der Waals surface area contributed by atoms with Gasteiger partial charge in [-0.25, -0.2) is 4.79 Å². The average molecular weight is 289 g/mol. The fourth-order valence-electron chi connectivity index (χ4n) is 1.45. The van der Waals surface area contributed by atoms with Crippen molar-refractivity contribution in [3.8, 4) is 11.8 Å². The highest BCUT2D eigenvalue weighted by atomic mass is 16.6. The summed E-state index contributed by atoms with van der Waals surface area (Å²) in [6.07, 6.45) is 1.57. The van der Waals surface area contributed by atoms with Crippen molar-refractivity contribution in [2.45, 2.75) is 19.4 Å². The molecule has 21 heavy (non-hydrogen) atoms. The Bertz CT molecular complexity index is 490. The van der Waals surface area contributed by atoms with E-state index < -0.39 is 12.1 Å². The SMILES string of the molecule is C=CCOC(C)C(=O)OCCCOc1ccc(C#N)cc1. The van der Waals surface area contributed by atoms with Crippen LogP contribution in [0.25, 0.3) is 0 Å². The zero-order chi connectivity index (χ0) is 15.5. The van der Waals surface area contributed by atoms with E-state index in [1.165, 1.54) is 0 Å². The summed E-state index contributed by atoms with van der Waals surface area (Å²) < 4.78 is 15.7. The molecule has 1 aromatic rings. The predicted octanol–water partition coefficient (Wildman–Crippen LogP) is 2.46. The third kappa shape index (κ3) is 6.59. The molecule has 0 radical (unpaired) electrons. The number of nitrogens with zero attached hydrogens (tertiary/aromatic N) is 1. The van der Waals surface area contributed by atoms with E-state index in [0.29, 0.717) is 30.9 Å². The summed E-state index contributed by atoms with van der Waals surface area (Å²) in [5.74, 6) is 0.290. The van der Waals surface area contributed by atoms with Crippen molar-refractivity contribution in [1.82, 2.24) is 0 Å². The average Bonchev–Trinajstić information content (AvgIpc) is 2.52. The smallest absolute Gasteiger partial charge is 0.334 e. The van der Waals surface area contributed by atoms with E-state index in [1.54, 1.807) is 37.3 Å². The molecule has 1 atom stereocenters. The van der Waals surface area contributed by atoms with Crippen molar-refractivity contribution < 1.29 is 19.0 Å². The Balaban J connectivity index is 2.15. The minimum atomic E-state index is -0.595. The molecule has 5 heteroatoms. The van der Waals surface area contributed by atoms with Gasteiger partial charge < -0.3 is 14.2 Å². The van der Waals surface area contributed by atoms with Crippen LogP contribution in [0.1, 0.15) is 18.9 Å². The third-order valence-electron chi connectivity index (χ3n) is 2.58. The van der Waals surface area contributed by atoms with E-state index >= 15 is 0 Å². The number of nitriles is 1. The largest absolute Gasteiger partial charge is 0.493 e. The molecular formula is C16H19NO4. The molecule has 0 saturated carbocycles. The molecular weight excluding hydrogens is 270 g/mol. The van der Waals surface area contributed by atoms with Gasteiger partial charge in [-0.2, -0.15) is 5.26 Å². The zero-order valence-corrected chi connectivity index (χ0v) is 12.1. The van der Waals surface area contributed by atoms with Crippen LogP contribution in [0, 0.1) is 11.3 Å². The summed E-state index contributed by atoms with van der Waals surface area (Å²) in [6, 6.07) is 8.88. The van der Waals surface area contributed by atoms with Gasteiger partial charge in [-0.1, -0.05) is 6.08 Å². The zero-order valence-electron chi connectivity index (χ0n) is 12.1. The summed E-state index contributed by atoms with van der Waals surface area (Å²) >= 11 is 0. The van der Waals surface area contributed by atoms with E-state index in [0.717, 1.165) is 0 Å². The number of hydrogen-bond donors (Lipinski definition) is 0. The van der Waals surface area contributed by atoms with Crippen LogP contribution in [-0.4, -0.2) is 31.9 Å². The molecule has 0 N–H and O–H groups in total. The highest BCUT2D eigenvalue weighted by Gasteiger charge is 2.13. The minimum Gasteiger partial charge on any atom is -0.493 e. The Hall–Kier alpha value is -2.32. The number of carbonyl (C=O) groups is 1. The Kier molecular flexibility index (Phi) is 7.62. The number of carbonyl (C=O) groups excluding carboxylic acids is 1. The number of ether oxygens (including phenoxy) is 3. The van der Waals surface area contributed by atoms with Gasteiger partial charge in [0.1, 0.15) is 5.75 Å². The van der Waals surface area contributed by atoms with Crippen LogP contribution in [0.15, 0.2) is 36.9 Å². The van der Waals surface area contributed by atoms with Gasteiger partial charge in [0.05, 0.1) is 31.5 Å². The Morgan fingerprint density at radius 3 is 2.71 bits per heavy atom. The van der Waals surface area contributed by atoms with Crippen LogP contribution >= 0.6 is 0 Å². The standard InChI is InChI=1S/C16H19NO4/c1-3-9-19-13(2)16(18)21-11-4-10-20-15-7-5-14(12-17)6-8-15/h3,5-8,13H,1,4,9-11H2,2H3. The molecule has 0 aliphatic heterocycles. The molecule has 0 aliphatic carbocycles. The van der Waals surface area contributed by atoms with Crippen molar-refractivity contribution in [2.75, 3.05) is 19.8 Å². The van der Waals surface area contributed by atoms with Crippen molar-refractivity contribution in [3.63, 3.8) is 0 Å². The van der Waals surface area contributed by atoms with E-state index in [2.05, 4.69) is 6.58 Å². The molecule has 1 aromatic carbocycles. The highest BCUT2D eigenvalue weighted by molar-refractivity contribution is 5.74. The second-order valence-electron chi connectivity index (χ2n) is 4.27. The monoisotopic (exact) mass is 289 g/mol. The third-order valence-corrected chi connectivity index (χ3v) is 2.58. The molecule has 0 heterocycles. The van der Waals surface area contributed by atoms with E-state index in [4.69, 9.17) is 19.5 Å². The maximum absolute atomic E-state index is 11.5. The van der Waals surface area contributed by atoms with Gasteiger partial charge in [0.25, 0.3) is 0 Å². The first-order valence-corrected chi connectivity index (χ1v) is 6.69. The topological polar surface area (TPSA) is 68.6 Å². The molecule has 0 aliphatic rings. The lowest BCUT2D eigenvalue weighted by Crippen LogP contribution is -2.24. The fraction of sp³-hybridized carbons (Fsp3) is 0.375. The summed E-state index contributed by atoms with van der Waals surface area (Å²) in [5, 5.41) is 8.67. The molecule has 0 bridgehead atoms. The molecule has 112 valence electrons. The summed E-state index contributed by atoms with van der Waals surface area (Å²) in [7, 11) is 0. The Morgan fingerprint density at radius 2 is 2.10 bits per heavy atom. The summed E-state index contributed by atoms with van der Waals surface area (Å²) in [6.45, 7) is 6.17. The van der Waals surface area contributed by atoms with Crippen LogP contribution in [0.3, 0.4) is 0 Å². The summed E-state index contributed by atoms with van der Waals surface area (Å²) in [5.41, 5.74) is 0.588. The van der Waals surface area contributed by atoms with Crippen LogP contribution in [0.2, 0.25) is 0 Å². The van der Waals surface area contributed by atoms with Crippen LogP contribution in [0.5, 0.6) is 5.75 Å². The number of hydrogen-bond acceptors (Lipinski definition) is 5. The Morgan fingerprint density at radius 1 is 1.38 bits per heavy atom. The van der Waals surface area contributed by atoms with Gasteiger partial charge in [0.15, 0.2) is 6.10 Å². The van der Waals surface area contributed by atoms with Crippen molar-refractivity contribution in [3.05, 3.63) is 42.5 Å². The van der Waals surface area contributed by atoms with Gasteiger partial charge in [-0.15, -0.1) is 6.58 Å². The number of esters is 1. The lowest BCUT2D eigenvalue weighted by atomic mass is 10.2. The van der Waals surface area contributed by atoms with Gasteiger partial charge in [0, 0.05) is 6.42 Å².